The number of carboxylic acids is 2. The zero-order valence-electron chi connectivity index (χ0n) is 9.52. The maximum Gasteiger partial charge on any atom is 0.306 e. The number of nitrogens with one attached hydrogen (secondary N) is 1. The second-order valence-corrected chi connectivity index (χ2v) is 4.32. The Morgan fingerprint density at radius 1 is 1.00 bits per heavy atom. The summed E-state index contributed by atoms with van der Waals surface area (Å²) >= 11 is 0. The summed E-state index contributed by atoms with van der Waals surface area (Å²) in [5.41, 5.74) is 0. The first-order valence-corrected chi connectivity index (χ1v) is 5.73. The van der Waals surface area contributed by atoms with Gasteiger partial charge in [0.2, 0.25) is 5.91 Å². The van der Waals surface area contributed by atoms with E-state index in [1.807, 2.05) is 0 Å². The van der Waals surface area contributed by atoms with E-state index in [0.717, 1.165) is 0 Å². The molecule has 0 radical (unpaired) electrons. The molecule has 0 aromatic heterocycles. The highest BCUT2D eigenvalue weighted by Gasteiger charge is 2.29. The van der Waals surface area contributed by atoms with Crippen molar-refractivity contribution >= 4 is 17.8 Å². The zero-order valence-corrected chi connectivity index (χ0v) is 9.52. The first-order chi connectivity index (χ1) is 8.00. The van der Waals surface area contributed by atoms with Crippen LogP contribution >= 0.6 is 0 Å². The highest BCUT2D eigenvalue weighted by atomic mass is 16.4. The van der Waals surface area contributed by atoms with E-state index in [2.05, 4.69) is 5.32 Å². The Labute approximate surface area is 99.0 Å². The largest absolute Gasteiger partial charge is 0.481 e. The van der Waals surface area contributed by atoms with Crippen LogP contribution < -0.4 is 5.32 Å². The van der Waals surface area contributed by atoms with Gasteiger partial charge in [0, 0.05) is 12.5 Å². The van der Waals surface area contributed by atoms with Crippen LogP contribution in [0.3, 0.4) is 0 Å². The quantitative estimate of drug-likeness (QED) is 0.651. The Hall–Kier alpha value is -1.59. The molecule has 0 heterocycles. The Kier molecular flexibility index (Phi) is 4.93. The Bertz CT molecular complexity index is 307. The number of carbonyl (C=O) groups is 3. The van der Waals surface area contributed by atoms with E-state index in [9.17, 15) is 14.4 Å². The van der Waals surface area contributed by atoms with Crippen LogP contribution in [0, 0.1) is 11.8 Å². The third kappa shape index (κ3) is 4.42. The number of amides is 1. The van der Waals surface area contributed by atoms with E-state index >= 15 is 0 Å². The molecule has 1 aliphatic rings. The summed E-state index contributed by atoms with van der Waals surface area (Å²) in [5, 5.41) is 19.8. The second kappa shape index (κ2) is 6.22. The van der Waals surface area contributed by atoms with E-state index in [0.29, 0.717) is 25.7 Å². The van der Waals surface area contributed by atoms with Crippen molar-refractivity contribution in [2.75, 3.05) is 6.54 Å². The lowest BCUT2D eigenvalue weighted by molar-refractivity contribution is -0.144. The smallest absolute Gasteiger partial charge is 0.306 e. The van der Waals surface area contributed by atoms with Crippen LogP contribution in [0.2, 0.25) is 0 Å². The van der Waals surface area contributed by atoms with Crippen molar-refractivity contribution in [3.63, 3.8) is 0 Å². The minimum absolute atomic E-state index is 0.0871. The first-order valence-electron chi connectivity index (χ1n) is 5.73. The molecule has 0 bridgehead atoms. The van der Waals surface area contributed by atoms with Gasteiger partial charge in [0.1, 0.15) is 0 Å². The topological polar surface area (TPSA) is 104 Å². The summed E-state index contributed by atoms with van der Waals surface area (Å²) in [5.74, 6) is -2.40. The molecule has 1 aliphatic carbocycles. The maximum absolute atomic E-state index is 11.6. The summed E-state index contributed by atoms with van der Waals surface area (Å²) in [6.07, 6.45) is 2.08. The van der Waals surface area contributed by atoms with E-state index in [1.165, 1.54) is 0 Å². The summed E-state index contributed by atoms with van der Waals surface area (Å²) in [7, 11) is 0. The van der Waals surface area contributed by atoms with E-state index in [-0.39, 0.29) is 30.7 Å². The average molecular weight is 243 g/mol. The van der Waals surface area contributed by atoms with Crippen LogP contribution in [-0.4, -0.2) is 34.6 Å². The molecular formula is C11H17NO5. The number of carbonyl (C=O) groups excluding carboxylic acids is 1. The number of hydrogen-bond donors (Lipinski definition) is 3. The van der Waals surface area contributed by atoms with Crippen molar-refractivity contribution in [1.82, 2.24) is 5.32 Å². The van der Waals surface area contributed by atoms with E-state index in [4.69, 9.17) is 10.2 Å². The van der Waals surface area contributed by atoms with Crippen molar-refractivity contribution < 1.29 is 24.6 Å². The third-order valence-corrected chi connectivity index (χ3v) is 3.09. The van der Waals surface area contributed by atoms with Crippen molar-refractivity contribution in [3.8, 4) is 0 Å². The molecule has 0 unspecified atom stereocenters. The van der Waals surface area contributed by atoms with Crippen LogP contribution in [0.25, 0.3) is 0 Å². The molecule has 0 atom stereocenters. The van der Waals surface area contributed by atoms with Crippen molar-refractivity contribution in [2.45, 2.75) is 32.1 Å². The molecular weight excluding hydrogens is 226 g/mol. The lowest BCUT2D eigenvalue weighted by Gasteiger charge is -2.25. The molecule has 17 heavy (non-hydrogen) atoms. The monoisotopic (exact) mass is 243 g/mol. The van der Waals surface area contributed by atoms with Gasteiger partial charge in [0.15, 0.2) is 0 Å². The van der Waals surface area contributed by atoms with Crippen LogP contribution in [0.4, 0.5) is 0 Å². The number of aliphatic carboxylic acids is 2. The van der Waals surface area contributed by atoms with Gasteiger partial charge in [-0.1, -0.05) is 0 Å². The number of rotatable bonds is 5. The molecule has 0 saturated heterocycles. The molecule has 6 heteroatoms. The highest BCUT2D eigenvalue weighted by Crippen LogP contribution is 2.28. The predicted octanol–water partition coefficient (Wildman–Crippen LogP) is 0.468. The van der Waals surface area contributed by atoms with Gasteiger partial charge in [-0.2, -0.15) is 0 Å². The molecule has 1 saturated carbocycles. The van der Waals surface area contributed by atoms with Gasteiger partial charge in [-0.25, -0.2) is 0 Å². The average Bonchev–Trinajstić information content (AvgIpc) is 2.28. The minimum Gasteiger partial charge on any atom is -0.481 e. The minimum atomic E-state index is -0.945. The molecule has 0 aromatic rings. The summed E-state index contributed by atoms with van der Waals surface area (Å²) in [6, 6.07) is 0. The molecule has 0 spiro atoms. The fraction of sp³-hybridized carbons (Fsp3) is 0.727. The zero-order chi connectivity index (χ0) is 12.8. The molecule has 1 rings (SSSR count). The number of carboxylic acid groups (broad SMARTS) is 2. The fourth-order valence-corrected chi connectivity index (χ4v) is 2.04. The van der Waals surface area contributed by atoms with Crippen molar-refractivity contribution in [3.05, 3.63) is 0 Å². The number of hydrogen-bond acceptors (Lipinski definition) is 3. The predicted molar refractivity (Wildman–Crippen MR) is 58.3 cm³/mol. The molecule has 1 fully saturated rings. The normalized spacial score (nSPS) is 24.0. The van der Waals surface area contributed by atoms with Crippen LogP contribution in [0.15, 0.2) is 0 Å². The highest BCUT2D eigenvalue weighted by molar-refractivity contribution is 5.79. The molecule has 6 nitrogen and oxygen atoms in total. The third-order valence-electron chi connectivity index (χ3n) is 3.09. The summed E-state index contributed by atoms with van der Waals surface area (Å²) < 4.78 is 0. The molecule has 1 amide bonds. The van der Waals surface area contributed by atoms with Gasteiger partial charge < -0.3 is 15.5 Å². The van der Waals surface area contributed by atoms with Gasteiger partial charge in [0.05, 0.1) is 12.3 Å². The maximum atomic E-state index is 11.6. The lowest BCUT2D eigenvalue weighted by Crippen LogP contribution is -2.35. The lowest BCUT2D eigenvalue weighted by atomic mass is 9.81. The Morgan fingerprint density at radius 2 is 1.53 bits per heavy atom. The standard InChI is InChI=1S/C11H17NO5/c13-9(14)5-6-12-10(15)7-1-3-8(4-2-7)11(16)17/h7-8H,1-6H2,(H,12,15)(H,13,14)(H,16,17)/t7-,8-. The van der Waals surface area contributed by atoms with E-state index in [1.54, 1.807) is 0 Å². The van der Waals surface area contributed by atoms with Crippen LogP contribution in [0.1, 0.15) is 32.1 Å². The Balaban J connectivity index is 2.26. The van der Waals surface area contributed by atoms with Gasteiger partial charge in [-0.3, -0.25) is 14.4 Å². The van der Waals surface area contributed by atoms with E-state index < -0.39 is 11.9 Å². The molecule has 96 valence electrons. The van der Waals surface area contributed by atoms with Gasteiger partial charge in [-0.15, -0.1) is 0 Å². The summed E-state index contributed by atoms with van der Waals surface area (Å²) in [4.78, 5) is 32.6. The SMILES string of the molecule is O=C(O)CCNC(=O)[C@H]1CC[C@H](C(=O)O)CC1. The van der Waals surface area contributed by atoms with Gasteiger partial charge in [-0.05, 0) is 25.7 Å². The fourth-order valence-electron chi connectivity index (χ4n) is 2.04. The second-order valence-electron chi connectivity index (χ2n) is 4.32. The molecule has 0 aliphatic heterocycles. The van der Waals surface area contributed by atoms with Gasteiger partial charge in [0.25, 0.3) is 0 Å². The van der Waals surface area contributed by atoms with Crippen molar-refractivity contribution in [2.24, 2.45) is 11.8 Å². The first kappa shape index (κ1) is 13.5. The van der Waals surface area contributed by atoms with Crippen LogP contribution in [-0.2, 0) is 14.4 Å². The summed E-state index contributed by atoms with van der Waals surface area (Å²) in [6.45, 7) is 0.132. The molecule has 3 N–H and O–H groups in total. The molecule has 0 aromatic carbocycles. The van der Waals surface area contributed by atoms with Crippen molar-refractivity contribution in [1.29, 1.82) is 0 Å². The van der Waals surface area contributed by atoms with Gasteiger partial charge >= 0.3 is 11.9 Å². The van der Waals surface area contributed by atoms with Crippen LogP contribution in [0.5, 0.6) is 0 Å². The Morgan fingerprint density at radius 3 is 2.00 bits per heavy atom.